The minimum atomic E-state index is -0.462. The second-order valence-electron chi connectivity index (χ2n) is 6.75. The van der Waals surface area contributed by atoms with E-state index in [2.05, 4.69) is 20.8 Å². The zero-order valence-corrected chi connectivity index (χ0v) is 14.5. The lowest BCUT2D eigenvalue weighted by Crippen LogP contribution is -2.57. The monoisotopic (exact) mass is 336 g/mol. The molecule has 6 nitrogen and oxygen atoms in total. The topological polar surface area (TPSA) is 86.9 Å². The van der Waals surface area contributed by atoms with Gasteiger partial charge in [-0.2, -0.15) is 5.10 Å². The van der Waals surface area contributed by atoms with E-state index in [4.69, 9.17) is 0 Å². The van der Waals surface area contributed by atoms with E-state index in [-0.39, 0.29) is 11.8 Å². The number of H-pyrrole nitrogens is 1. The van der Waals surface area contributed by atoms with Crippen molar-refractivity contribution in [1.82, 2.24) is 20.8 Å². The van der Waals surface area contributed by atoms with Gasteiger partial charge in [0.05, 0.1) is 17.0 Å². The summed E-state index contributed by atoms with van der Waals surface area (Å²) >= 11 is 1.52. The second-order valence-corrected chi connectivity index (χ2v) is 8.40. The van der Waals surface area contributed by atoms with Gasteiger partial charge in [-0.1, -0.05) is 6.42 Å². The Balaban J connectivity index is 1.58. The summed E-state index contributed by atoms with van der Waals surface area (Å²) in [7, 11) is 0. The molecule has 23 heavy (non-hydrogen) atoms. The van der Waals surface area contributed by atoms with Gasteiger partial charge in [0.15, 0.2) is 0 Å². The molecule has 1 saturated heterocycles. The summed E-state index contributed by atoms with van der Waals surface area (Å²) in [4.78, 5) is 24.3. The molecule has 2 aliphatic rings. The number of fused-ring (bicyclic) bond motifs is 1. The van der Waals surface area contributed by atoms with Crippen LogP contribution < -0.4 is 10.6 Å². The molecule has 1 atom stereocenters. The number of hydrogen-bond donors (Lipinski definition) is 3. The summed E-state index contributed by atoms with van der Waals surface area (Å²) in [6, 6.07) is -0.460. The molecule has 1 fully saturated rings. The van der Waals surface area contributed by atoms with E-state index in [1.165, 1.54) is 42.3 Å². The van der Waals surface area contributed by atoms with Gasteiger partial charge in [0.1, 0.15) is 6.04 Å². The molecule has 0 aromatic carbocycles. The van der Waals surface area contributed by atoms with Crippen LogP contribution in [0.4, 0.5) is 0 Å². The van der Waals surface area contributed by atoms with Crippen LogP contribution in [0.1, 0.15) is 50.1 Å². The number of thioether (sulfide) groups is 1. The molecular formula is C16H24N4O2S. The number of carbonyl (C=O) groups excluding carboxylic acids is 2. The van der Waals surface area contributed by atoms with Crippen molar-refractivity contribution in [3.05, 3.63) is 17.0 Å². The SMILES string of the molecule is CC1(C)SCC(C(=O)NCc2n[nH]c3c2CCCCC3)NC1=O. The Kier molecular flexibility index (Phi) is 4.66. The fourth-order valence-corrected chi connectivity index (χ4v) is 4.05. The molecule has 0 spiro atoms. The van der Waals surface area contributed by atoms with Crippen LogP contribution in [0.3, 0.4) is 0 Å². The highest BCUT2D eigenvalue weighted by atomic mass is 32.2. The Labute approximate surface area is 140 Å². The van der Waals surface area contributed by atoms with Gasteiger partial charge in [-0.25, -0.2) is 0 Å². The third kappa shape index (κ3) is 3.54. The van der Waals surface area contributed by atoms with Crippen molar-refractivity contribution in [2.24, 2.45) is 0 Å². The van der Waals surface area contributed by atoms with E-state index in [0.717, 1.165) is 18.5 Å². The molecule has 1 aromatic rings. The van der Waals surface area contributed by atoms with Gasteiger partial charge in [0.25, 0.3) is 0 Å². The van der Waals surface area contributed by atoms with E-state index in [9.17, 15) is 9.59 Å². The van der Waals surface area contributed by atoms with Crippen LogP contribution in [0.25, 0.3) is 0 Å². The molecule has 3 N–H and O–H groups in total. The molecule has 1 aromatic heterocycles. The Morgan fingerprint density at radius 2 is 2.13 bits per heavy atom. The zero-order valence-electron chi connectivity index (χ0n) is 13.7. The first kappa shape index (κ1) is 16.4. The van der Waals surface area contributed by atoms with Crippen LogP contribution in [-0.2, 0) is 29.0 Å². The van der Waals surface area contributed by atoms with Crippen LogP contribution in [0, 0.1) is 0 Å². The van der Waals surface area contributed by atoms with E-state index in [1.54, 1.807) is 0 Å². The van der Waals surface area contributed by atoms with Crippen molar-refractivity contribution < 1.29 is 9.59 Å². The van der Waals surface area contributed by atoms with Crippen molar-refractivity contribution >= 4 is 23.6 Å². The molecule has 0 bridgehead atoms. The van der Waals surface area contributed by atoms with Gasteiger partial charge in [-0.3, -0.25) is 14.7 Å². The molecule has 2 amide bonds. The van der Waals surface area contributed by atoms with Gasteiger partial charge in [0, 0.05) is 11.4 Å². The first-order chi connectivity index (χ1) is 11.0. The smallest absolute Gasteiger partial charge is 0.243 e. The molecule has 1 aliphatic carbocycles. The standard InChI is InChI=1S/C16H24N4O2S/c1-16(2)15(22)18-13(9-23-16)14(21)17-8-12-10-6-4-3-5-7-11(10)19-20-12/h13H,3-9H2,1-2H3,(H,17,21)(H,18,22)(H,19,20). The van der Waals surface area contributed by atoms with Crippen molar-refractivity contribution in [2.75, 3.05) is 5.75 Å². The molecule has 2 heterocycles. The van der Waals surface area contributed by atoms with Crippen LogP contribution in [-0.4, -0.2) is 38.6 Å². The van der Waals surface area contributed by atoms with Crippen LogP contribution in [0.5, 0.6) is 0 Å². The number of nitrogens with one attached hydrogen (secondary N) is 3. The van der Waals surface area contributed by atoms with Crippen LogP contribution >= 0.6 is 11.8 Å². The summed E-state index contributed by atoms with van der Waals surface area (Å²) < 4.78 is -0.462. The molecule has 126 valence electrons. The number of amides is 2. The Morgan fingerprint density at radius 3 is 2.91 bits per heavy atom. The van der Waals surface area contributed by atoms with Gasteiger partial charge in [-0.05, 0) is 45.1 Å². The van der Waals surface area contributed by atoms with Crippen molar-refractivity contribution in [2.45, 2.75) is 63.3 Å². The lowest BCUT2D eigenvalue weighted by atomic mass is 10.1. The number of aromatic amines is 1. The van der Waals surface area contributed by atoms with Crippen molar-refractivity contribution in [3.63, 3.8) is 0 Å². The maximum absolute atomic E-state index is 12.3. The Bertz CT molecular complexity index is 611. The summed E-state index contributed by atoms with van der Waals surface area (Å²) in [5.41, 5.74) is 3.42. The molecule has 3 rings (SSSR count). The minimum absolute atomic E-state index is 0.0810. The largest absolute Gasteiger partial charge is 0.349 e. The maximum atomic E-state index is 12.3. The number of aromatic nitrogens is 2. The number of nitrogens with zero attached hydrogens (tertiary/aromatic N) is 1. The average Bonchev–Trinajstić information content (AvgIpc) is 2.74. The fraction of sp³-hybridized carbons (Fsp3) is 0.688. The molecule has 1 aliphatic heterocycles. The summed E-state index contributed by atoms with van der Waals surface area (Å²) in [6.07, 6.45) is 5.69. The lowest BCUT2D eigenvalue weighted by molar-refractivity contribution is -0.129. The molecule has 0 radical (unpaired) electrons. The number of aryl methyl sites for hydroxylation is 1. The van der Waals surface area contributed by atoms with Crippen LogP contribution in [0.15, 0.2) is 0 Å². The predicted octanol–water partition coefficient (Wildman–Crippen LogP) is 1.30. The number of rotatable bonds is 3. The van der Waals surface area contributed by atoms with Crippen molar-refractivity contribution in [1.29, 1.82) is 0 Å². The third-order valence-electron chi connectivity index (χ3n) is 4.60. The Morgan fingerprint density at radius 1 is 1.35 bits per heavy atom. The van der Waals surface area contributed by atoms with Gasteiger partial charge < -0.3 is 10.6 Å². The quantitative estimate of drug-likeness (QED) is 0.726. The highest BCUT2D eigenvalue weighted by molar-refractivity contribution is 8.01. The number of carbonyl (C=O) groups is 2. The van der Waals surface area contributed by atoms with E-state index in [1.807, 2.05) is 13.8 Å². The lowest BCUT2D eigenvalue weighted by Gasteiger charge is -2.32. The van der Waals surface area contributed by atoms with Gasteiger partial charge >= 0.3 is 0 Å². The molecule has 1 unspecified atom stereocenters. The van der Waals surface area contributed by atoms with E-state index < -0.39 is 10.8 Å². The molecular weight excluding hydrogens is 312 g/mol. The second kappa shape index (κ2) is 6.55. The fourth-order valence-electron chi connectivity index (χ4n) is 3.04. The zero-order chi connectivity index (χ0) is 16.4. The third-order valence-corrected chi connectivity index (χ3v) is 6.01. The highest BCUT2D eigenvalue weighted by Crippen LogP contribution is 2.29. The molecule has 7 heteroatoms. The minimum Gasteiger partial charge on any atom is -0.349 e. The summed E-state index contributed by atoms with van der Waals surface area (Å²) in [5, 5.41) is 13.2. The van der Waals surface area contributed by atoms with Gasteiger partial charge in [0.2, 0.25) is 11.8 Å². The first-order valence-electron chi connectivity index (χ1n) is 8.25. The van der Waals surface area contributed by atoms with E-state index >= 15 is 0 Å². The maximum Gasteiger partial charge on any atom is 0.243 e. The molecule has 0 saturated carbocycles. The first-order valence-corrected chi connectivity index (χ1v) is 9.23. The predicted molar refractivity (Wildman–Crippen MR) is 90.2 cm³/mol. The number of hydrogen-bond acceptors (Lipinski definition) is 4. The average molecular weight is 336 g/mol. The van der Waals surface area contributed by atoms with Crippen LogP contribution in [0.2, 0.25) is 0 Å². The Hall–Kier alpha value is -1.50. The highest BCUT2D eigenvalue weighted by Gasteiger charge is 2.37. The van der Waals surface area contributed by atoms with E-state index in [0.29, 0.717) is 12.3 Å². The van der Waals surface area contributed by atoms with Crippen molar-refractivity contribution in [3.8, 4) is 0 Å². The summed E-state index contributed by atoms with van der Waals surface area (Å²) in [5.74, 6) is 0.387. The normalized spacial score (nSPS) is 23.6. The summed E-state index contributed by atoms with van der Waals surface area (Å²) in [6.45, 7) is 4.17. The van der Waals surface area contributed by atoms with Gasteiger partial charge in [-0.15, -0.1) is 11.8 Å².